The van der Waals surface area contributed by atoms with Crippen LogP contribution in [0, 0.1) is 0 Å². The minimum absolute atomic E-state index is 0.0561. The molecule has 5 rings (SSSR count). The number of amides is 1. The van der Waals surface area contributed by atoms with Crippen LogP contribution in [0.2, 0.25) is 0 Å². The van der Waals surface area contributed by atoms with E-state index in [1.807, 2.05) is 36.7 Å². The highest BCUT2D eigenvalue weighted by molar-refractivity contribution is 5.95. The average Bonchev–Trinajstić information content (AvgIpc) is 3.37. The van der Waals surface area contributed by atoms with Crippen molar-refractivity contribution in [2.45, 2.75) is 38.7 Å². The van der Waals surface area contributed by atoms with E-state index < -0.39 is 0 Å². The minimum Gasteiger partial charge on any atom is -0.474 e. The number of aliphatic hydroxyl groups is 1. The monoisotopic (exact) mass is 503 g/mol. The van der Waals surface area contributed by atoms with Crippen molar-refractivity contribution in [3.63, 3.8) is 0 Å². The fraction of sp³-hybridized carbons (Fsp3) is 0.444. The first-order chi connectivity index (χ1) is 18.1. The smallest absolute Gasteiger partial charge is 0.253 e. The lowest BCUT2D eigenvalue weighted by molar-refractivity contribution is 0.0767. The van der Waals surface area contributed by atoms with Gasteiger partial charge < -0.3 is 24.5 Å². The summed E-state index contributed by atoms with van der Waals surface area (Å²) in [5.41, 5.74) is 3.90. The molecule has 1 fully saturated rings. The number of aliphatic hydroxyl groups excluding tert-OH is 1. The number of aryl methyl sites for hydroxylation is 1. The number of carbonyl (C=O) groups is 1. The fourth-order valence-corrected chi connectivity index (χ4v) is 4.82. The van der Waals surface area contributed by atoms with Crippen LogP contribution in [0.5, 0.6) is 5.88 Å². The van der Waals surface area contributed by atoms with Crippen molar-refractivity contribution in [2.24, 2.45) is 0 Å². The number of fused-ring (bicyclic) bond motifs is 1. The molecular weight excluding hydrogens is 470 g/mol. The van der Waals surface area contributed by atoms with Gasteiger partial charge in [0.2, 0.25) is 11.8 Å². The minimum atomic E-state index is -0.0939. The summed E-state index contributed by atoms with van der Waals surface area (Å²) in [6.07, 6.45) is 8.91. The number of hydrogen-bond acceptors (Lipinski definition) is 9. The third kappa shape index (κ3) is 5.48. The molecule has 194 valence electrons. The highest BCUT2D eigenvalue weighted by atomic mass is 16.5. The number of anilines is 3. The Morgan fingerprint density at radius 3 is 2.62 bits per heavy atom. The number of ether oxygens (including phenoxy) is 1. The van der Waals surface area contributed by atoms with Crippen molar-refractivity contribution >= 4 is 23.4 Å². The molecule has 1 N–H and O–H groups in total. The van der Waals surface area contributed by atoms with Gasteiger partial charge in [0.15, 0.2) is 0 Å². The third-order valence-corrected chi connectivity index (χ3v) is 7.02. The Balaban J connectivity index is 1.21. The van der Waals surface area contributed by atoms with E-state index in [1.54, 1.807) is 13.4 Å². The molecular formula is C27H33N7O3. The maximum Gasteiger partial charge on any atom is 0.253 e. The van der Waals surface area contributed by atoms with Crippen molar-refractivity contribution in [3.8, 4) is 5.88 Å². The van der Waals surface area contributed by atoms with E-state index >= 15 is 0 Å². The molecule has 1 aromatic carbocycles. The van der Waals surface area contributed by atoms with E-state index in [2.05, 4.69) is 36.7 Å². The number of benzene rings is 1. The van der Waals surface area contributed by atoms with Gasteiger partial charge in [0, 0.05) is 75.8 Å². The van der Waals surface area contributed by atoms with Gasteiger partial charge in [-0.1, -0.05) is 6.92 Å². The lowest BCUT2D eigenvalue weighted by atomic mass is 10.1. The molecule has 1 amide bonds. The zero-order valence-corrected chi connectivity index (χ0v) is 21.4. The first kappa shape index (κ1) is 24.9. The molecule has 10 nitrogen and oxygen atoms in total. The second kappa shape index (κ2) is 11.1. The van der Waals surface area contributed by atoms with Crippen LogP contribution in [-0.2, 0) is 12.8 Å². The summed E-state index contributed by atoms with van der Waals surface area (Å²) in [5, 5.41) is 9.12. The molecule has 37 heavy (non-hydrogen) atoms. The number of piperidine rings is 1. The largest absolute Gasteiger partial charge is 0.474 e. The van der Waals surface area contributed by atoms with E-state index in [4.69, 9.17) is 9.84 Å². The van der Waals surface area contributed by atoms with Crippen LogP contribution in [0.4, 0.5) is 17.5 Å². The number of likely N-dealkylation sites (N-methyl/N-ethyl adjacent to an activating group) is 1. The summed E-state index contributed by atoms with van der Waals surface area (Å²) in [6, 6.07) is 7.63. The van der Waals surface area contributed by atoms with Crippen LogP contribution in [0.25, 0.3) is 0 Å². The van der Waals surface area contributed by atoms with Crippen LogP contribution < -0.4 is 14.5 Å². The van der Waals surface area contributed by atoms with E-state index in [0.29, 0.717) is 18.0 Å². The predicted octanol–water partition coefficient (Wildman–Crippen LogP) is 2.64. The topological polar surface area (TPSA) is 108 Å². The Labute approximate surface area is 217 Å². The molecule has 3 aromatic rings. The van der Waals surface area contributed by atoms with Gasteiger partial charge in [0.25, 0.3) is 5.91 Å². The molecule has 0 spiro atoms. The van der Waals surface area contributed by atoms with Crippen LogP contribution >= 0.6 is 0 Å². The second-order valence-corrected chi connectivity index (χ2v) is 9.46. The highest BCUT2D eigenvalue weighted by Crippen LogP contribution is 2.35. The highest BCUT2D eigenvalue weighted by Gasteiger charge is 2.26. The Morgan fingerprint density at radius 2 is 1.89 bits per heavy atom. The number of rotatable bonds is 8. The molecule has 0 atom stereocenters. The molecule has 4 heterocycles. The predicted molar refractivity (Wildman–Crippen MR) is 141 cm³/mol. The molecule has 2 aromatic heterocycles. The maximum atomic E-state index is 12.6. The summed E-state index contributed by atoms with van der Waals surface area (Å²) in [6.45, 7) is 4.79. The van der Waals surface area contributed by atoms with Gasteiger partial charge in [-0.25, -0.2) is 19.9 Å². The Kier molecular flexibility index (Phi) is 7.45. The first-order valence-corrected chi connectivity index (χ1v) is 12.9. The van der Waals surface area contributed by atoms with Crippen LogP contribution in [0.1, 0.15) is 41.3 Å². The second-order valence-electron chi connectivity index (χ2n) is 9.46. The Hall–Kier alpha value is -3.79. The van der Waals surface area contributed by atoms with Gasteiger partial charge in [-0.15, -0.1) is 0 Å². The SMILES string of the molecule is CCc1cnc(N2CCC(Oc3cc(N4CCc5cc(C(=O)N(C)CCO)ccc54)ncn3)CC2)nc1. The molecule has 1 saturated heterocycles. The summed E-state index contributed by atoms with van der Waals surface area (Å²) in [7, 11) is 1.70. The zero-order chi connectivity index (χ0) is 25.8. The van der Waals surface area contributed by atoms with Crippen LogP contribution in [0.3, 0.4) is 0 Å². The zero-order valence-electron chi connectivity index (χ0n) is 21.4. The third-order valence-electron chi connectivity index (χ3n) is 7.02. The molecule has 0 unspecified atom stereocenters. The number of hydrogen-bond donors (Lipinski definition) is 1. The van der Waals surface area contributed by atoms with Gasteiger partial charge in [-0.05, 0) is 42.2 Å². The Morgan fingerprint density at radius 1 is 1.11 bits per heavy atom. The lowest BCUT2D eigenvalue weighted by Crippen LogP contribution is -2.39. The van der Waals surface area contributed by atoms with Crippen molar-refractivity contribution in [1.29, 1.82) is 0 Å². The standard InChI is InChI=1S/C27H33N7O3/c1-3-19-16-28-27(29-17-19)33-9-7-22(8-10-33)37-25-15-24(30-18-31-25)34-11-6-20-14-21(4-5-23(20)34)26(36)32(2)12-13-35/h4-5,14-18,22,35H,3,6-13H2,1-2H3. The van der Waals surface area contributed by atoms with Gasteiger partial charge in [0.1, 0.15) is 18.2 Å². The summed E-state index contributed by atoms with van der Waals surface area (Å²) >= 11 is 0. The van der Waals surface area contributed by atoms with Crippen molar-refractivity contribution in [2.75, 3.05) is 49.6 Å². The molecule has 0 radical (unpaired) electrons. The van der Waals surface area contributed by atoms with Gasteiger partial charge in [-0.2, -0.15) is 0 Å². The first-order valence-electron chi connectivity index (χ1n) is 12.9. The molecule has 0 bridgehead atoms. The van der Waals surface area contributed by atoms with Crippen molar-refractivity contribution < 1.29 is 14.6 Å². The molecule has 0 saturated carbocycles. The molecule has 0 aliphatic carbocycles. The van der Waals surface area contributed by atoms with Crippen molar-refractivity contribution in [3.05, 3.63) is 59.7 Å². The van der Waals surface area contributed by atoms with Crippen LogP contribution in [-0.4, -0.2) is 81.8 Å². The average molecular weight is 504 g/mol. The van der Waals surface area contributed by atoms with E-state index in [0.717, 1.165) is 73.9 Å². The molecule has 2 aliphatic heterocycles. The quantitative estimate of drug-likeness (QED) is 0.496. The summed E-state index contributed by atoms with van der Waals surface area (Å²) in [4.78, 5) is 36.3. The molecule has 10 heteroatoms. The van der Waals surface area contributed by atoms with Gasteiger partial charge in [-0.3, -0.25) is 4.79 Å². The van der Waals surface area contributed by atoms with E-state index in [1.165, 1.54) is 4.90 Å². The Bertz CT molecular complexity index is 1230. The number of carbonyl (C=O) groups excluding carboxylic acids is 1. The van der Waals surface area contributed by atoms with E-state index in [9.17, 15) is 4.79 Å². The normalized spacial score (nSPS) is 15.5. The van der Waals surface area contributed by atoms with E-state index in [-0.39, 0.29) is 18.6 Å². The van der Waals surface area contributed by atoms with Gasteiger partial charge in [0.05, 0.1) is 6.61 Å². The number of aromatic nitrogens is 4. The number of nitrogens with zero attached hydrogens (tertiary/aromatic N) is 7. The van der Waals surface area contributed by atoms with Crippen LogP contribution in [0.15, 0.2) is 43.0 Å². The lowest BCUT2D eigenvalue weighted by Gasteiger charge is -2.32. The fourth-order valence-electron chi connectivity index (χ4n) is 4.82. The van der Waals surface area contributed by atoms with Gasteiger partial charge >= 0.3 is 0 Å². The summed E-state index contributed by atoms with van der Waals surface area (Å²) in [5.74, 6) is 2.03. The molecule has 2 aliphatic rings. The maximum absolute atomic E-state index is 12.6. The summed E-state index contributed by atoms with van der Waals surface area (Å²) < 4.78 is 6.25. The van der Waals surface area contributed by atoms with Crippen molar-refractivity contribution in [1.82, 2.24) is 24.8 Å².